The SMILES string of the molecule is c1ccc2c(c1)CCc1c-2c2c3ccccc3[nH]c2c2ccccc12. The first-order valence-electron chi connectivity index (χ1n) is 8.94. The van der Waals surface area contributed by atoms with E-state index < -0.39 is 0 Å². The van der Waals surface area contributed by atoms with Crippen LogP contribution in [-0.4, -0.2) is 4.98 Å². The van der Waals surface area contributed by atoms with Gasteiger partial charge >= 0.3 is 0 Å². The maximum absolute atomic E-state index is 3.70. The Bertz CT molecular complexity index is 1290. The fraction of sp³-hybridized carbons (Fsp3) is 0.0833. The van der Waals surface area contributed by atoms with E-state index in [1.807, 2.05) is 0 Å². The summed E-state index contributed by atoms with van der Waals surface area (Å²) in [6.45, 7) is 0. The smallest absolute Gasteiger partial charge is 0.0551 e. The predicted molar refractivity (Wildman–Crippen MR) is 106 cm³/mol. The minimum absolute atomic E-state index is 1.11. The molecule has 0 amide bonds. The summed E-state index contributed by atoms with van der Waals surface area (Å²) in [5, 5.41) is 5.45. The second kappa shape index (κ2) is 4.73. The van der Waals surface area contributed by atoms with E-state index in [1.54, 1.807) is 0 Å². The molecule has 0 aliphatic heterocycles. The average molecular weight is 319 g/mol. The van der Waals surface area contributed by atoms with Gasteiger partial charge in [0.25, 0.3) is 0 Å². The Morgan fingerprint density at radius 2 is 1.36 bits per heavy atom. The molecular formula is C24H17N. The molecule has 118 valence electrons. The highest BCUT2D eigenvalue weighted by Gasteiger charge is 2.23. The Morgan fingerprint density at radius 1 is 0.640 bits per heavy atom. The number of hydrogen-bond acceptors (Lipinski definition) is 0. The normalized spacial score (nSPS) is 13.3. The van der Waals surface area contributed by atoms with E-state index in [4.69, 9.17) is 0 Å². The first-order chi connectivity index (χ1) is 12.4. The van der Waals surface area contributed by atoms with Gasteiger partial charge < -0.3 is 4.98 Å². The van der Waals surface area contributed by atoms with Crippen molar-refractivity contribution in [3.05, 3.63) is 83.9 Å². The standard InChI is InChI=1S/C24H17N/c1-2-8-16-15(7-1)13-14-18-17-9-3-4-10-19(17)24-23(22(16)18)20-11-5-6-12-21(20)25-24/h1-12,25H,13-14H2. The first-order valence-corrected chi connectivity index (χ1v) is 8.94. The van der Waals surface area contributed by atoms with E-state index in [2.05, 4.69) is 77.8 Å². The van der Waals surface area contributed by atoms with E-state index in [-0.39, 0.29) is 0 Å². The number of aromatic amines is 1. The van der Waals surface area contributed by atoms with Crippen LogP contribution in [0.3, 0.4) is 0 Å². The van der Waals surface area contributed by atoms with E-state index in [0.29, 0.717) is 0 Å². The summed E-state index contributed by atoms with van der Waals surface area (Å²) < 4.78 is 0. The number of rotatable bonds is 0. The Labute approximate surface area is 145 Å². The highest BCUT2D eigenvalue weighted by Crippen LogP contribution is 2.45. The van der Waals surface area contributed by atoms with Crippen LogP contribution in [0.25, 0.3) is 43.7 Å². The zero-order valence-corrected chi connectivity index (χ0v) is 13.8. The number of aryl methyl sites for hydroxylation is 2. The van der Waals surface area contributed by atoms with Gasteiger partial charge in [-0.1, -0.05) is 66.7 Å². The van der Waals surface area contributed by atoms with Gasteiger partial charge in [-0.05, 0) is 46.5 Å². The summed E-state index contributed by atoms with van der Waals surface area (Å²) in [7, 11) is 0. The molecule has 4 aromatic carbocycles. The highest BCUT2D eigenvalue weighted by atomic mass is 14.7. The highest BCUT2D eigenvalue weighted by molar-refractivity contribution is 6.24. The molecule has 1 N–H and O–H groups in total. The zero-order chi connectivity index (χ0) is 16.4. The molecule has 6 rings (SSSR count). The summed E-state index contributed by atoms with van der Waals surface area (Å²) in [4.78, 5) is 3.70. The Morgan fingerprint density at radius 3 is 2.28 bits per heavy atom. The molecule has 0 saturated carbocycles. The largest absolute Gasteiger partial charge is 0.354 e. The summed E-state index contributed by atoms with van der Waals surface area (Å²) in [5.41, 5.74) is 8.31. The van der Waals surface area contributed by atoms with Crippen LogP contribution in [-0.2, 0) is 12.8 Å². The van der Waals surface area contributed by atoms with Crippen molar-refractivity contribution in [3.8, 4) is 11.1 Å². The molecule has 1 nitrogen and oxygen atoms in total. The number of benzene rings is 4. The lowest BCUT2D eigenvalue weighted by Crippen LogP contribution is -2.05. The van der Waals surface area contributed by atoms with Crippen molar-refractivity contribution >= 4 is 32.6 Å². The number of nitrogens with one attached hydrogen (secondary N) is 1. The molecule has 1 heteroatoms. The molecule has 0 fully saturated rings. The van der Waals surface area contributed by atoms with Gasteiger partial charge in [-0.3, -0.25) is 0 Å². The van der Waals surface area contributed by atoms with Crippen LogP contribution < -0.4 is 0 Å². The molecular weight excluding hydrogens is 302 g/mol. The second-order valence-corrected chi connectivity index (χ2v) is 6.98. The average Bonchev–Trinajstić information content (AvgIpc) is 3.07. The van der Waals surface area contributed by atoms with Crippen molar-refractivity contribution < 1.29 is 0 Å². The monoisotopic (exact) mass is 319 g/mol. The van der Waals surface area contributed by atoms with Gasteiger partial charge in [0.1, 0.15) is 0 Å². The third-order valence-corrected chi connectivity index (χ3v) is 5.71. The van der Waals surface area contributed by atoms with Gasteiger partial charge in [-0.15, -0.1) is 0 Å². The molecule has 0 unspecified atom stereocenters. The number of hydrogen-bond donors (Lipinski definition) is 1. The molecule has 1 aliphatic rings. The van der Waals surface area contributed by atoms with Crippen molar-refractivity contribution in [1.29, 1.82) is 0 Å². The van der Waals surface area contributed by atoms with E-state index in [1.165, 1.54) is 54.8 Å². The molecule has 0 atom stereocenters. The molecule has 1 heterocycles. The van der Waals surface area contributed by atoms with Gasteiger partial charge in [-0.2, -0.15) is 0 Å². The quantitative estimate of drug-likeness (QED) is 0.348. The maximum Gasteiger partial charge on any atom is 0.0551 e. The third-order valence-electron chi connectivity index (χ3n) is 5.71. The Balaban J connectivity index is 1.95. The van der Waals surface area contributed by atoms with Gasteiger partial charge in [-0.25, -0.2) is 0 Å². The second-order valence-electron chi connectivity index (χ2n) is 6.98. The van der Waals surface area contributed by atoms with Crippen LogP contribution >= 0.6 is 0 Å². The topological polar surface area (TPSA) is 15.8 Å². The van der Waals surface area contributed by atoms with Crippen molar-refractivity contribution in [2.24, 2.45) is 0 Å². The molecule has 0 radical (unpaired) electrons. The van der Waals surface area contributed by atoms with Crippen molar-refractivity contribution in [2.45, 2.75) is 12.8 Å². The van der Waals surface area contributed by atoms with Crippen LogP contribution in [0.2, 0.25) is 0 Å². The first kappa shape index (κ1) is 13.3. The zero-order valence-electron chi connectivity index (χ0n) is 13.8. The third kappa shape index (κ3) is 1.68. The summed E-state index contributed by atoms with van der Waals surface area (Å²) in [5.74, 6) is 0. The minimum atomic E-state index is 1.11. The lowest BCUT2D eigenvalue weighted by atomic mass is 9.80. The maximum atomic E-state index is 3.70. The van der Waals surface area contributed by atoms with Gasteiger partial charge in [0.15, 0.2) is 0 Å². The van der Waals surface area contributed by atoms with Gasteiger partial charge in [0.05, 0.1) is 5.52 Å². The lowest BCUT2D eigenvalue weighted by molar-refractivity contribution is 0.954. The lowest BCUT2D eigenvalue weighted by Gasteiger charge is -2.23. The van der Waals surface area contributed by atoms with Crippen LogP contribution in [0.5, 0.6) is 0 Å². The summed E-state index contributed by atoms with van der Waals surface area (Å²) in [6, 6.07) is 26.5. The molecule has 25 heavy (non-hydrogen) atoms. The summed E-state index contributed by atoms with van der Waals surface area (Å²) in [6.07, 6.45) is 2.24. The summed E-state index contributed by atoms with van der Waals surface area (Å²) >= 11 is 0. The van der Waals surface area contributed by atoms with E-state index >= 15 is 0 Å². The van der Waals surface area contributed by atoms with E-state index in [9.17, 15) is 0 Å². The van der Waals surface area contributed by atoms with Gasteiger partial charge in [0, 0.05) is 21.7 Å². The van der Waals surface area contributed by atoms with Crippen LogP contribution in [0, 0.1) is 0 Å². The number of fused-ring (bicyclic) bond motifs is 10. The number of para-hydroxylation sites is 1. The predicted octanol–water partition coefficient (Wildman–Crippen LogP) is 6.24. The number of H-pyrrole nitrogens is 1. The molecule has 0 bridgehead atoms. The van der Waals surface area contributed by atoms with Crippen LogP contribution in [0.1, 0.15) is 11.1 Å². The van der Waals surface area contributed by atoms with E-state index in [0.717, 1.165) is 12.8 Å². The molecule has 1 aliphatic carbocycles. The Hall–Kier alpha value is -3.06. The minimum Gasteiger partial charge on any atom is -0.354 e. The van der Waals surface area contributed by atoms with Crippen molar-refractivity contribution in [1.82, 2.24) is 4.98 Å². The fourth-order valence-corrected chi connectivity index (χ4v) is 4.65. The van der Waals surface area contributed by atoms with Gasteiger partial charge in [0.2, 0.25) is 0 Å². The van der Waals surface area contributed by atoms with Crippen LogP contribution in [0.4, 0.5) is 0 Å². The Kier molecular flexibility index (Phi) is 2.51. The number of aromatic nitrogens is 1. The molecule has 5 aromatic rings. The van der Waals surface area contributed by atoms with Crippen molar-refractivity contribution in [2.75, 3.05) is 0 Å². The van der Waals surface area contributed by atoms with Crippen LogP contribution in [0.15, 0.2) is 72.8 Å². The van der Waals surface area contributed by atoms with Crippen molar-refractivity contribution in [3.63, 3.8) is 0 Å². The molecule has 1 aromatic heterocycles. The molecule has 0 saturated heterocycles. The fourth-order valence-electron chi connectivity index (χ4n) is 4.65. The molecule has 0 spiro atoms.